The maximum Gasteiger partial charge on any atom is 0.270 e. The molecule has 0 heterocycles. The second kappa shape index (κ2) is 7.32. The van der Waals surface area contributed by atoms with Gasteiger partial charge in [0.1, 0.15) is 5.82 Å². The zero-order valence-electron chi connectivity index (χ0n) is 12.7. The number of rotatable bonds is 5. The third-order valence-electron chi connectivity index (χ3n) is 3.19. The van der Waals surface area contributed by atoms with E-state index in [0.717, 1.165) is 6.07 Å². The van der Waals surface area contributed by atoms with E-state index in [9.17, 15) is 24.1 Å². The molecule has 2 amide bonds. The van der Waals surface area contributed by atoms with E-state index in [1.165, 1.54) is 36.4 Å². The molecule has 0 bridgehead atoms. The Hall–Kier alpha value is -3.29. The molecule has 0 unspecified atom stereocenters. The number of nitro groups is 1. The fraction of sp³-hybridized carbons (Fsp3) is 0.125. The van der Waals surface area contributed by atoms with Crippen LogP contribution in [0, 0.1) is 22.9 Å². The van der Waals surface area contributed by atoms with E-state index in [2.05, 4.69) is 10.6 Å². The number of benzene rings is 2. The monoisotopic (exact) mass is 331 g/mol. The second-order valence-electron chi connectivity index (χ2n) is 5.00. The Labute approximate surface area is 136 Å². The fourth-order valence-corrected chi connectivity index (χ4v) is 1.99. The van der Waals surface area contributed by atoms with Gasteiger partial charge in [-0.05, 0) is 36.8 Å². The van der Waals surface area contributed by atoms with Gasteiger partial charge in [-0.25, -0.2) is 4.39 Å². The lowest BCUT2D eigenvalue weighted by Crippen LogP contribution is -2.33. The molecule has 0 aliphatic rings. The van der Waals surface area contributed by atoms with Crippen LogP contribution in [0.5, 0.6) is 0 Å². The highest BCUT2D eigenvalue weighted by atomic mass is 19.1. The minimum atomic E-state index is -0.610. The molecule has 0 aliphatic carbocycles. The average molecular weight is 331 g/mol. The van der Waals surface area contributed by atoms with E-state index < -0.39 is 22.6 Å². The summed E-state index contributed by atoms with van der Waals surface area (Å²) in [5, 5.41) is 15.6. The molecule has 2 aromatic carbocycles. The predicted molar refractivity (Wildman–Crippen MR) is 85.2 cm³/mol. The third-order valence-corrected chi connectivity index (χ3v) is 3.19. The molecular weight excluding hydrogens is 317 g/mol. The van der Waals surface area contributed by atoms with Gasteiger partial charge < -0.3 is 10.6 Å². The van der Waals surface area contributed by atoms with E-state index in [1.807, 2.05) is 0 Å². The van der Waals surface area contributed by atoms with Gasteiger partial charge in [-0.3, -0.25) is 19.7 Å². The number of amides is 2. The van der Waals surface area contributed by atoms with Gasteiger partial charge >= 0.3 is 0 Å². The van der Waals surface area contributed by atoms with Crippen molar-refractivity contribution < 1.29 is 18.9 Å². The molecule has 8 heteroatoms. The van der Waals surface area contributed by atoms with Gasteiger partial charge in [0.25, 0.3) is 11.6 Å². The van der Waals surface area contributed by atoms with Gasteiger partial charge in [-0.15, -0.1) is 0 Å². The Kier molecular flexibility index (Phi) is 5.20. The number of hydrogen-bond acceptors (Lipinski definition) is 4. The molecule has 0 saturated heterocycles. The Balaban J connectivity index is 1.95. The summed E-state index contributed by atoms with van der Waals surface area (Å²) in [6.45, 7) is 1.32. The molecule has 0 atom stereocenters. The first-order chi connectivity index (χ1) is 11.4. The number of hydrogen-bond donors (Lipinski definition) is 2. The number of carbonyl (C=O) groups excluding carboxylic acids is 2. The van der Waals surface area contributed by atoms with Crippen LogP contribution in [0.15, 0.2) is 42.5 Å². The van der Waals surface area contributed by atoms with Crippen molar-refractivity contribution in [3.05, 3.63) is 69.5 Å². The highest BCUT2D eigenvalue weighted by Crippen LogP contribution is 2.15. The molecule has 7 nitrogen and oxygen atoms in total. The van der Waals surface area contributed by atoms with Crippen molar-refractivity contribution in [3.63, 3.8) is 0 Å². The van der Waals surface area contributed by atoms with Crippen LogP contribution in [0.25, 0.3) is 0 Å². The van der Waals surface area contributed by atoms with Crippen molar-refractivity contribution in [2.75, 3.05) is 11.9 Å². The van der Waals surface area contributed by atoms with E-state index in [1.54, 1.807) is 6.92 Å². The number of nitrogens with one attached hydrogen (secondary N) is 2. The van der Waals surface area contributed by atoms with Crippen molar-refractivity contribution >= 4 is 23.2 Å². The van der Waals surface area contributed by atoms with E-state index >= 15 is 0 Å². The molecule has 24 heavy (non-hydrogen) atoms. The zero-order valence-corrected chi connectivity index (χ0v) is 12.7. The van der Waals surface area contributed by atoms with Crippen LogP contribution < -0.4 is 10.6 Å². The van der Waals surface area contributed by atoms with Gasteiger partial charge in [0.05, 0.1) is 11.5 Å². The number of halogens is 1. The number of carbonyl (C=O) groups is 2. The normalized spacial score (nSPS) is 10.1. The molecule has 0 aliphatic heterocycles. The molecule has 0 spiro atoms. The topological polar surface area (TPSA) is 101 Å². The molecule has 124 valence electrons. The summed E-state index contributed by atoms with van der Waals surface area (Å²) in [5.41, 5.74) is 0.850. The van der Waals surface area contributed by atoms with Crippen molar-refractivity contribution in [2.45, 2.75) is 6.92 Å². The van der Waals surface area contributed by atoms with Gasteiger partial charge in [0.15, 0.2) is 0 Å². The quantitative estimate of drug-likeness (QED) is 0.649. The largest absolute Gasteiger partial charge is 0.343 e. The van der Waals surface area contributed by atoms with Crippen LogP contribution in [0.3, 0.4) is 0 Å². The van der Waals surface area contributed by atoms with Gasteiger partial charge in [-0.2, -0.15) is 0 Å². The predicted octanol–water partition coefficient (Wildman–Crippen LogP) is 2.41. The van der Waals surface area contributed by atoms with Crippen LogP contribution in [0.4, 0.5) is 15.8 Å². The highest BCUT2D eigenvalue weighted by Gasteiger charge is 2.13. The van der Waals surface area contributed by atoms with E-state index in [0.29, 0.717) is 11.3 Å². The van der Waals surface area contributed by atoms with Gasteiger partial charge in [-0.1, -0.05) is 6.07 Å². The maximum absolute atomic E-state index is 13.0. The summed E-state index contributed by atoms with van der Waals surface area (Å²) < 4.78 is 13.0. The van der Waals surface area contributed by atoms with Crippen molar-refractivity contribution in [1.82, 2.24) is 5.32 Å². The molecule has 2 aromatic rings. The minimum Gasteiger partial charge on any atom is -0.343 e. The Morgan fingerprint density at radius 3 is 2.62 bits per heavy atom. The zero-order chi connectivity index (χ0) is 17.7. The summed E-state index contributed by atoms with van der Waals surface area (Å²) in [6, 6.07) is 9.09. The average Bonchev–Trinajstić information content (AvgIpc) is 2.55. The van der Waals surface area contributed by atoms with Crippen molar-refractivity contribution in [2.24, 2.45) is 0 Å². The first-order valence-electron chi connectivity index (χ1n) is 6.95. The summed E-state index contributed by atoms with van der Waals surface area (Å²) >= 11 is 0. The molecule has 0 radical (unpaired) electrons. The SMILES string of the molecule is Cc1cc(F)ccc1NC(=O)CNC(=O)c1cccc([N+](=O)[O-])c1. The van der Waals surface area contributed by atoms with Crippen LogP contribution >= 0.6 is 0 Å². The van der Waals surface area contributed by atoms with Gasteiger partial charge in [0.2, 0.25) is 5.91 Å². The summed E-state index contributed by atoms with van der Waals surface area (Å²) in [4.78, 5) is 33.8. The maximum atomic E-state index is 13.0. The molecule has 0 aromatic heterocycles. The lowest BCUT2D eigenvalue weighted by Gasteiger charge is -2.09. The fourth-order valence-electron chi connectivity index (χ4n) is 1.99. The summed E-state index contributed by atoms with van der Waals surface area (Å²) in [5.74, 6) is -1.52. The minimum absolute atomic E-state index is 0.0787. The smallest absolute Gasteiger partial charge is 0.270 e. The van der Waals surface area contributed by atoms with E-state index in [4.69, 9.17) is 0 Å². The lowest BCUT2D eigenvalue weighted by molar-refractivity contribution is -0.384. The van der Waals surface area contributed by atoms with Crippen LogP contribution in [-0.2, 0) is 4.79 Å². The first-order valence-corrected chi connectivity index (χ1v) is 6.95. The standard InChI is InChI=1S/C16H14FN3O4/c1-10-7-12(17)5-6-14(10)19-15(21)9-18-16(22)11-3-2-4-13(8-11)20(23)24/h2-8H,9H2,1H3,(H,18,22)(H,19,21). The lowest BCUT2D eigenvalue weighted by atomic mass is 10.2. The number of non-ortho nitro benzene ring substituents is 1. The molecule has 2 N–H and O–H groups in total. The summed E-state index contributed by atoms with van der Waals surface area (Å²) in [7, 11) is 0. The Bertz CT molecular complexity index is 808. The van der Waals surface area contributed by atoms with Gasteiger partial charge in [0, 0.05) is 23.4 Å². The second-order valence-corrected chi connectivity index (χ2v) is 5.00. The van der Waals surface area contributed by atoms with Crippen LogP contribution in [-0.4, -0.2) is 23.3 Å². The van der Waals surface area contributed by atoms with Crippen LogP contribution in [0.2, 0.25) is 0 Å². The molecular formula is C16H14FN3O4. The van der Waals surface area contributed by atoms with Crippen LogP contribution in [0.1, 0.15) is 15.9 Å². The number of nitrogens with zero attached hydrogens (tertiary/aromatic N) is 1. The summed E-state index contributed by atoms with van der Waals surface area (Å²) in [6.07, 6.45) is 0. The highest BCUT2D eigenvalue weighted by molar-refractivity contribution is 5.99. The number of nitro benzene ring substituents is 1. The van der Waals surface area contributed by atoms with E-state index in [-0.39, 0.29) is 17.8 Å². The number of aryl methyl sites for hydroxylation is 1. The van der Waals surface area contributed by atoms with Crippen molar-refractivity contribution in [1.29, 1.82) is 0 Å². The molecule has 0 saturated carbocycles. The number of anilines is 1. The Morgan fingerprint density at radius 2 is 1.96 bits per heavy atom. The Morgan fingerprint density at radius 1 is 1.21 bits per heavy atom. The molecule has 2 rings (SSSR count). The third kappa shape index (κ3) is 4.35. The first kappa shape index (κ1) is 17.1. The molecule has 0 fully saturated rings. The van der Waals surface area contributed by atoms with Crippen molar-refractivity contribution in [3.8, 4) is 0 Å².